The van der Waals surface area contributed by atoms with Crippen LogP contribution in [-0.4, -0.2) is 27.3 Å². The normalized spacial score (nSPS) is 17.5. The third-order valence-corrected chi connectivity index (χ3v) is 3.68. The number of nitrogens with zero attached hydrogens (tertiary/aromatic N) is 3. The minimum absolute atomic E-state index is 0.0183. The minimum Gasteiger partial charge on any atom is -0.434 e. The molecule has 1 aromatic carbocycles. The van der Waals surface area contributed by atoms with E-state index in [1.165, 1.54) is 18.3 Å². The summed E-state index contributed by atoms with van der Waals surface area (Å²) in [4.78, 5) is 21.9. The van der Waals surface area contributed by atoms with Crippen molar-refractivity contribution < 1.29 is 13.9 Å². The molecular weight excluding hydrogens is 285 g/mol. The van der Waals surface area contributed by atoms with Crippen LogP contribution in [-0.2, 0) is 4.79 Å². The van der Waals surface area contributed by atoms with Crippen molar-refractivity contribution in [2.45, 2.75) is 25.8 Å². The lowest BCUT2D eigenvalue weighted by atomic mass is 10.1. The molecule has 2 aromatic rings. The van der Waals surface area contributed by atoms with Crippen LogP contribution in [0.4, 0.5) is 4.39 Å². The molecule has 0 saturated carbocycles. The topological polar surface area (TPSA) is 55.3 Å². The SMILES string of the molecule is CC(=O)N1CCC[C@H]1c1cncc(Oc2ccccc2F)n1. The summed E-state index contributed by atoms with van der Waals surface area (Å²) in [5, 5.41) is 0. The van der Waals surface area contributed by atoms with Gasteiger partial charge in [0.25, 0.3) is 0 Å². The molecule has 0 unspecified atom stereocenters. The molecular formula is C16H16FN3O2. The number of ether oxygens (including phenoxy) is 1. The molecule has 6 heteroatoms. The van der Waals surface area contributed by atoms with Gasteiger partial charge in [-0.2, -0.15) is 0 Å². The van der Waals surface area contributed by atoms with E-state index >= 15 is 0 Å². The first-order valence-corrected chi connectivity index (χ1v) is 7.16. The van der Waals surface area contributed by atoms with Crippen molar-refractivity contribution >= 4 is 5.91 Å². The number of carbonyl (C=O) groups is 1. The van der Waals surface area contributed by atoms with Crippen molar-refractivity contribution in [2.24, 2.45) is 0 Å². The molecule has 114 valence electrons. The Bertz CT molecular complexity index is 693. The number of halogens is 1. The third kappa shape index (κ3) is 2.90. The Balaban J connectivity index is 1.84. The zero-order valence-electron chi connectivity index (χ0n) is 12.2. The number of carbonyl (C=O) groups excluding carboxylic acids is 1. The molecule has 0 bridgehead atoms. The van der Waals surface area contributed by atoms with Gasteiger partial charge in [-0.1, -0.05) is 12.1 Å². The zero-order valence-corrected chi connectivity index (χ0v) is 12.2. The monoisotopic (exact) mass is 301 g/mol. The Hall–Kier alpha value is -2.50. The maximum Gasteiger partial charge on any atom is 0.238 e. The van der Waals surface area contributed by atoms with Gasteiger partial charge in [-0.15, -0.1) is 0 Å². The van der Waals surface area contributed by atoms with E-state index in [1.54, 1.807) is 30.2 Å². The maximum absolute atomic E-state index is 13.6. The predicted octanol–water partition coefficient (Wildman–Crippen LogP) is 3.09. The second-order valence-corrected chi connectivity index (χ2v) is 5.19. The molecule has 1 amide bonds. The van der Waals surface area contributed by atoms with E-state index in [0.29, 0.717) is 5.69 Å². The smallest absolute Gasteiger partial charge is 0.238 e. The summed E-state index contributed by atoms with van der Waals surface area (Å²) in [6.45, 7) is 2.27. The van der Waals surface area contributed by atoms with E-state index in [2.05, 4.69) is 9.97 Å². The Morgan fingerprint density at radius 1 is 1.36 bits per heavy atom. The number of para-hydroxylation sites is 1. The highest BCUT2D eigenvalue weighted by Gasteiger charge is 2.29. The minimum atomic E-state index is -0.457. The molecule has 2 heterocycles. The Morgan fingerprint density at radius 2 is 2.18 bits per heavy atom. The predicted molar refractivity (Wildman–Crippen MR) is 77.9 cm³/mol. The van der Waals surface area contributed by atoms with Crippen LogP contribution in [0.1, 0.15) is 31.5 Å². The van der Waals surface area contributed by atoms with E-state index in [-0.39, 0.29) is 23.6 Å². The fraction of sp³-hybridized carbons (Fsp3) is 0.312. The lowest BCUT2D eigenvalue weighted by Gasteiger charge is -2.22. The van der Waals surface area contributed by atoms with E-state index in [9.17, 15) is 9.18 Å². The zero-order chi connectivity index (χ0) is 15.5. The van der Waals surface area contributed by atoms with Gasteiger partial charge >= 0.3 is 0 Å². The lowest BCUT2D eigenvalue weighted by molar-refractivity contribution is -0.129. The molecule has 3 rings (SSSR count). The van der Waals surface area contributed by atoms with E-state index in [4.69, 9.17) is 4.74 Å². The highest BCUT2D eigenvalue weighted by atomic mass is 19.1. The van der Waals surface area contributed by atoms with E-state index < -0.39 is 5.82 Å². The van der Waals surface area contributed by atoms with Crippen LogP contribution in [0, 0.1) is 5.82 Å². The molecule has 1 aromatic heterocycles. The number of benzene rings is 1. The van der Waals surface area contributed by atoms with Crippen molar-refractivity contribution in [3.8, 4) is 11.6 Å². The standard InChI is InChI=1S/C16H16FN3O2/c1-11(21)20-8-4-6-14(20)13-9-18-10-16(19-13)22-15-7-3-2-5-12(15)17/h2-3,5,7,9-10,14H,4,6,8H2,1H3/t14-/m0/s1. The number of amides is 1. The number of rotatable bonds is 3. The van der Waals surface area contributed by atoms with Gasteiger partial charge in [-0.25, -0.2) is 9.37 Å². The molecule has 0 spiro atoms. The molecule has 1 fully saturated rings. The molecule has 1 atom stereocenters. The maximum atomic E-state index is 13.6. The van der Waals surface area contributed by atoms with Crippen LogP contribution in [0.15, 0.2) is 36.7 Å². The van der Waals surface area contributed by atoms with Crippen LogP contribution < -0.4 is 4.74 Å². The summed E-state index contributed by atoms with van der Waals surface area (Å²) in [6.07, 6.45) is 4.84. The van der Waals surface area contributed by atoms with Gasteiger partial charge in [0.15, 0.2) is 11.6 Å². The van der Waals surface area contributed by atoms with Gasteiger partial charge in [0.05, 0.1) is 24.1 Å². The first-order valence-electron chi connectivity index (χ1n) is 7.16. The molecule has 1 saturated heterocycles. The van der Waals surface area contributed by atoms with Gasteiger partial charge < -0.3 is 9.64 Å². The fourth-order valence-corrected chi connectivity index (χ4v) is 2.66. The fourth-order valence-electron chi connectivity index (χ4n) is 2.66. The van der Waals surface area contributed by atoms with Gasteiger partial charge in [0.1, 0.15) is 0 Å². The molecule has 0 N–H and O–H groups in total. The summed E-state index contributed by atoms with van der Waals surface area (Å²) in [6, 6.07) is 6.04. The van der Waals surface area contributed by atoms with Crippen molar-refractivity contribution in [3.63, 3.8) is 0 Å². The van der Waals surface area contributed by atoms with Gasteiger partial charge in [0.2, 0.25) is 11.8 Å². The molecule has 0 aliphatic carbocycles. The van der Waals surface area contributed by atoms with Gasteiger partial charge in [-0.3, -0.25) is 9.78 Å². The summed E-state index contributed by atoms with van der Waals surface area (Å²) >= 11 is 0. The van der Waals surface area contributed by atoms with Crippen LogP contribution in [0.5, 0.6) is 11.6 Å². The molecule has 1 aliphatic heterocycles. The molecule has 1 aliphatic rings. The van der Waals surface area contributed by atoms with E-state index in [0.717, 1.165) is 19.4 Å². The number of likely N-dealkylation sites (tertiary alicyclic amines) is 1. The molecule has 5 nitrogen and oxygen atoms in total. The highest BCUT2D eigenvalue weighted by Crippen LogP contribution is 2.31. The van der Waals surface area contributed by atoms with Crippen molar-refractivity contribution in [3.05, 3.63) is 48.2 Å². The molecule has 0 radical (unpaired) electrons. The lowest BCUT2D eigenvalue weighted by Crippen LogP contribution is -2.28. The van der Waals surface area contributed by atoms with Gasteiger partial charge in [0, 0.05) is 13.5 Å². The Morgan fingerprint density at radius 3 is 2.95 bits per heavy atom. The first kappa shape index (κ1) is 14.4. The van der Waals surface area contributed by atoms with E-state index in [1.807, 2.05) is 0 Å². The van der Waals surface area contributed by atoms with Crippen LogP contribution in [0.25, 0.3) is 0 Å². The number of hydrogen-bond acceptors (Lipinski definition) is 4. The second-order valence-electron chi connectivity index (χ2n) is 5.19. The number of hydrogen-bond donors (Lipinski definition) is 0. The summed E-state index contributed by atoms with van der Waals surface area (Å²) in [5.41, 5.74) is 0.668. The number of aromatic nitrogens is 2. The summed E-state index contributed by atoms with van der Waals surface area (Å²) in [7, 11) is 0. The summed E-state index contributed by atoms with van der Waals surface area (Å²) < 4.78 is 19.1. The Kier molecular flexibility index (Phi) is 4.00. The van der Waals surface area contributed by atoms with Crippen LogP contribution >= 0.6 is 0 Å². The van der Waals surface area contributed by atoms with Gasteiger partial charge in [-0.05, 0) is 25.0 Å². The first-order chi connectivity index (χ1) is 10.6. The quantitative estimate of drug-likeness (QED) is 0.874. The van der Waals surface area contributed by atoms with Crippen LogP contribution in [0.3, 0.4) is 0 Å². The van der Waals surface area contributed by atoms with Crippen molar-refractivity contribution in [1.82, 2.24) is 14.9 Å². The molecule has 22 heavy (non-hydrogen) atoms. The average molecular weight is 301 g/mol. The third-order valence-electron chi connectivity index (χ3n) is 3.68. The Labute approximate surface area is 127 Å². The van der Waals surface area contributed by atoms with Crippen molar-refractivity contribution in [1.29, 1.82) is 0 Å². The average Bonchev–Trinajstić information content (AvgIpc) is 3.00. The highest BCUT2D eigenvalue weighted by molar-refractivity contribution is 5.74. The largest absolute Gasteiger partial charge is 0.434 e. The van der Waals surface area contributed by atoms with Crippen LogP contribution in [0.2, 0.25) is 0 Å². The van der Waals surface area contributed by atoms with Crippen molar-refractivity contribution in [2.75, 3.05) is 6.54 Å². The second kappa shape index (κ2) is 6.09. The summed E-state index contributed by atoms with van der Waals surface area (Å²) in [5.74, 6) is -0.118.